The predicted octanol–water partition coefficient (Wildman–Crippen LogP) is 5.71. The fraction of sp³-hybridized carbons (Fsp3) is 0.0588. The molecule has 0 bridgehead atoms. The summed E-state index contributed by atoms with van der Waals surface area (Å²) in [5.74, 6) is -0.139. The van der Waals surface area contributed by atoms with Crippen molar-refractivity contribution in [3.05, 3.63) is 68.5 Å². The van der Waals surface area contributed by atoms with Crippen molar-refractivity contribution < 1.29 is 4.79 Å². The molecule has 3 rings (SSSR count). The third-order valence-electron chi connectivity index (χ3n) is 3.40. The van der Waals surface area contributed by atoms with Gasteiger partial charge in [-0.25, -0.2) is 0 Å². The third-order valence-corrected chi connectivity index (χ3v) is 5.26. The van der Waals surface area contributed by atoms with Crippen LogP contribution < -0.4 is 4.90 Å². The van der Waals surface area contributed by atoms with Crippen LogP contribution in [0.25, 0.3) is 6.08 Å². The fourth-order valence-electron chi connectivity index (χ4n) is 2.25. The number of carbonyl (C=O) groups is 1. The number of amides is 1. The Labute approximate surface area is 154 Å². The van der Waals surface area contributed by atoms with E-state index in [2.05, 4.69) is 0 Å². The second-order valence-corrected chi connectivity index (χ2v) is 7.49. The molecule has 0 aliphatic carbocycles. The van der Waals surface area contributed by atoms with E-state index in [1.54, 1.807) is 29.2 Å². The van der Waals surface area contributed by atoms with Crippen molar-refractivity contribution in [2.45, 2.75) is 6.92 Å². The number of carbonyl (C=O) groups excluding carboxylic acids is 1. The summed E-state index contributed by atoms with van der Waals surface area (Å²) in [7, 11) is 0. The molecule has 2 aromatic rings. The third kappa shape index (κ3) is 3.31. The Morgan fingerprint density at radius 1 is 1.17 bits per heavy atom. The molecule has 116 valence electrons. The van der Waals surface area contributed by atoms with Gasteiger partial charge in [0, 0.05) is 10.0 Å². The van der Waals surface area contributed by atoms with Crippen molar-refractivity contribution in [3.8, 4) is 0 Å². The minimum atomic E-state index is -0.139. The van der Waals surface area contributed by atoms with Crippen LogP contribution in [-0.2, 0) is 4.79 Å². The summed E-state index contributed by atoms with van der Waals surface area (Å²) in [5.41, 5.74) is 2.54. The van der Waals surface area contributed by atoms with Gasteiger partial charge >= 0.3 is 0 Å². The summed E-state index contributed by atoms with van der Waals surface area (Å²) < 4.78 is 0.514. The molecule has 1 heterocycles. The average Bonchev–Trinajstić information content (AvgIpc) is 2.77. The first-order chi connectivity index (χ1) is 11.0. The van der Waals surface area contributed by atoms with Gasteiger partial charge in [-0.1, -0.05) is 71.4 Å². The number of anilines is 1. The predicted molar refractivity (Wildman–Crippen MR) is 103 cm³/mol. The SMILES string of the molecule is Cc1ccccc1N1C(=O)/C(=C/c2ccc(Cl)cc2Cl)SC1=S. The van der Waals surface area contributed by atoms with Crippen LogP contribution >= 0.6 is 47.2 Å². The number of para-hydroxylation sites is 1. The molecule has 2 nitrogen and oxygen atoms in total. The topological polar surface area (TPSA) is 20.3 Å². The molecule has 6 heteroatoms. The Morgan fingerprint density at radius 2 is 1.91 bits per heavy atom. The quantitative estimate of drug-likeness (QED) is 0.492. The molecule has 0 radical (unpaired) electrons. The lowest BCUT2D eigenvalue weighted by Gasteiger charge is -2.16. The van der Waals surface area contributed by atoms with Crippen molar-refractivity contribution in [3.63, 3.8) is 0 Å². The van der Waals surface area contributed by atoms with Crippen LogP contribution in [0.1, 0.15) is 11.1 Å². The highest BCUT2D eigenvalue weighted by Crippen LogP contribution is 2.38. The molecule has 0 unspecified atom stereocenters. The van der Waals surface area contributed by atoms with Gasteiger partial charge in [-0.05, 0) is 42.3 Å². The minimum absolute atomic E-state index is 0.139. The Bertz CT molecular complexity index is 848. The van der Waals surface area contributed by atoms with Crippen molar-refractivity contribution in [2.75, 3.05) is 4.90 Å². The minimum Gasteiger partial charge on any atom is -0.268 e. The van der Waals surface area contributed by atoms with E-state index in [-0.39, 0.29) is 5.91 Å². The van der Waals surface area contributed by atoms with Gasteiger partial charge in [0.05, 0.1) is 10.6 Å². The average molecular weight is 380 g/mol. The summed E-state index contributed by atoms with van der Waals surface area (Å²) >= 11 is 18.7. The van der Waals surface area contributed by atoms with Gasteiger partial charge in [0.1, 0.15) is 0 Å². The van der Waals surface area contributed by atoms with E-state index in [9.17, 15) is 4.79 Å². The smallest absolute Gasteiger partial charge is 0.268 e. The summed E-state index contributed by atoms with van der Waals surface area (Å²) in [4.78, 5) is 14.8. The molecule has 0 saturated carbocycles. The molecule has 1 fully saturated rings. The zero-order valence-corrected chi connectivity index (χ0v) is 15.2. The lowest BCUT2D eigenvalue weighted by atomic mass is 10.1. The first kappa shape index (κ1) is 16.5. The molecule has 2 aromatic carbocycles. The zero-order valence-electron chi connectivity index (χ0n) is 12.0. The maximum atomic E-state index is 12.7. The van der Waals surface area contributed by atoms with Gasteiger partial charge in [0.25, 0.3) is 5.91 Å². The van der Waals surface area contributed by atoms with Gasteiger partial charge in [0.15, 0.2) is 4.32 Å². The molecular formula is C17H11Cl2NOS2. The lowest BCUT2D eigenvalue weighted by Crippen LogP contribution is -2.28. The standard InChI is InChI=1S/C17H11Cl2NOS2/c1-10-4-2-3-5-14(10)20-16(21)15(23-17(20)22)8-11-6-7-12(18)9-13(11)19/h2-9H,1H3/b15-8-. The number of rotatable bonds is 2. The Kier molecular flexibility index (Phi) is 4.78. The molecule has 0 atom stereocenters. The van der Waals surface area contributed by atoms with Crippen LogP contribution in [0, 0.1) is 6.92 Å². The monoisotopic (exact) mass is 379 g/mol. The summed E-state index contributed by atoms with van der Waals surface area (Å²) in [6, 6.07) is 12.8. The van der Waals surface area contributed by atoms with E-state index in [0.29, 0.717) is 19.3 Å². The Balaban J connectivity index is 1.98. The molecule has 0 aromatic heterocycles. The van der Waals surface area contributed by atoms with Crippen LogP contribution in [0.2, 0.25) is 10.0 Å². The molecule has 23 heavy (non-hydrogen) atoms. The van der Waals surface area contributed by atoms with Gasteiger partial charge < -0.3 is 0 Å². The largest absolute Gasteiger partial charge is 0.270 e. The molecule has 0 spiro atoms. The van der Waals surface area contributed by atoms with Crippen LogP contribution in [0.15, 0.2) is 47.4 Å². The van der Waals surface area contributed by atoms with E-state index in [1.807, 2.05) is 31.2 Å². The number of thiocarbonyl (C=S) groups is 1. The number of hydrogen-bond donors (Lipinski definition) is 0. The van der Waals surface area contributed by atoms with Crippen LogP contribution in [0.3, 0.4) is 0 Å². The molecular weight excluding hydrogens is 369 g/mol. The van der Waals surface area contributed by atoms with Crippen molar-refractivity contribution in [1.82, 2.24) is 0 Å². The Hall–Kier alpha value is -1.33. The van der Waals surface area contributed by atoms with E-state index < -0.39 is 0 Å². The van der Waals surface area contributed by atoms with E-state index in [0.717, 1.165) is 16.8 Å². The Morgan fingerprint density at radius 3 is 2.61 bits per heavy atom. The fourth-order valence-corrected chi connectivity index (χ4v) is 3.99. The highest BCUT2D eigenvalue weighted by molar-refractivity contribution is 8.27. The van der Waals surface area contributed by atoms with Gasteiger partial charge in [-0.2, -0.15) is 0 Å². The van der Waals surface area contributed by atoms with E-state index in [4.69, 9.17) is 35.4 Å². The van der Waals surface area contributed by atoms with Crippen LogP contribution in [-0.4, -0.2) is 10.2 Å². The molecule has 1 aliphatic rings. The molecule has 1 saturated heterocycles. The van der Waals surface area contributed by atoms with Crippen LogP contribution in [0.5, 0.6) is 0 Å². The first-order valence-electron chi connectivity index (χ1n) is 6.76. The van der Waals surface area contributed by atoms with Crippen molar-refractivity contribution in [2.24, 2.45) is 0 Å². The molecule has 1 aliphatic heterocycles. The normalized spacial score (nSPS) is 16.5. The summed E-state index contributed by atoms with van der Waals surface area (Å²) in [5, 5.41) is 1.05. The van der Waals surface area contributed by atoms with Gasteiger partial charge in [-0.15, -0.1) is 0 Å². The zero-order chi connectivity index (χ0) is 16.6. The highest BCUT2D eigenvalue weighted by atomic mass is 35.5. The molecule has 0 N–H and O–H groups in total. The number of benzene rings is 2. The second kappa shape index (κ2) is 6.65. The van der Waals surface area contributed by atoms with E-state index in [1.165, 1.54) is 11.8 Å². The maximum Gasteiger partial charge on any atom is 0.270 e. The number of nitrogens with zero attached hydrogens (tertiary/aromatic N) is 1. The number of aryl methyl sites for hydroxylation is 1. The first-order valence-corrected chi connectivity index (χ1v) is 8.74. The second-order valence-electron chi connectivity index (χ2n) is 4.97. The number of thioether (sulfide) groups is 1. The van der Waals surface area contributed by atoms with Gasteiger partial charge in [-0.3, -0.25) is 9.69 Å². The maximum absolute atomic E-state index is 12.7. The summed E-state index contributed by atoms with van der Waals surface area (Å²) in [6.45, 7) is 1.95. The summed E-state index contributed by atoms with van der Waals surface area (Å²) in [6.07, 6.45) is 1.75. The molecule has 1 amide bonds. The number of halogens is 2. The number of hydrogen-bond acceptors (Lipinski definition) is 3. The highest BCUT2D eigenvalue weighted by Gasteiger charge is 2.34. The van der Waals surface area contributed by atoms with Crippen LogP contribution in [0.4, 0.5) is 5.69 Å². The van der Waals surface area contributed by atoms with Crippen molar-refractivity contribution in [1.29, 1.82) is 0 Å². The van der Waals surface area contributed by atoms with Crippen molar-refractivity contribution >= 4 is 69.2 Å². The van der Waals surface area contributed by atoms with E-state index >= 15 is 0 Å². The lowest BCUT2D eigenvalue weighted by molar-refractivity contribution is -0.113. The van der Waals surface area contributed by atoms with Gasteiger partial charge in [0.2, 0.25) is 0 Å².